The van der Waals surface area contributed by atoms with Gasteiger partial charge in [0, 0.05) is 6.07 Å². The lowest BCUT2D eigenvalue weighted by molar-refractivity contribution is -0.143. The molecule has 0 fully saturated rings. The number of carbonyl (C=O) groups excluding carboxylic acids is 3. The molecule has 1 heterocycles. The van der Waals surface area contributed by atoms with E-state index in [4.69, 9.17) is 23.7 Å². The minimum atomic E-state index is -0.744. The predicted octanol–water partition coefficient (Wildman–Crippen LogP) is 0.641. The molecule has 10 nitrogen and oxygen atoms in total. The number of carbonyl (C=O) groups is 3. The lowest BCUT2D eigenvalue weighted by Crippen LogP contribution is -2.39. The lowest BCUT2D eigenvalue weighted by atomic mass is 10.1. The average molecular weight is 395 g/mol. The molecule has 2 rings (SSSR count). The summed E-state index contributed by atoms with van der Waals surface area (Å²) in [5.41, 5.74) is 0.332. The van der Waals surface area contributed by atoms with E-state index in [9.17, 15) is 14.4 Å². The van der Waals surface area contributed by atoms with E-state index in [1.165, 1.54) is 39.4 Å². The molecule has 10 heteroatoms. The molecule has 0 aliphatic carbocycles. The molecule has 1 aliphatic rings. The number of hydrogen-bond donors (Lipinski definition) is 0. The Labute approximate surface area is 161 Å². The number of methoxy groups -OCH3 is 4. The molecule has 0 atom stereocenters. The number of benzene rings is 1. The molecule has 0 saturated carbocycles. The smallest absolute Gasteiger partial charge is 0.355 e. The van der Waals surface area contributed by atoms with Crippen molar-refractivity contribution in [3.05, 3.63) is 29.5 Å². The zero-order valence-corrected chi connectivity index (χ0v) is 16.0. The van der Waals surface area contributed by atoms with Crippen LogP contribution in [0.2, 0.25) is 0 Å². The molecule has 1 aliphatic heterocycles. The number of nitrogens with zero attached hydrogens (tertiary/aromatic N) is 1. The van der Waals surface area contributed by atoms with Crippen LogP contribution in [0, 0.1) is 0 Å². The Morgan fingerprint density at radius 1 is 1.04 bits per heavy atom. The van der Waals surface area contributed by atoms with Gasteiger partial charge in [0.15, 0.2) is 6.61 Å². The van der Waals surface area contributed by atoms with E-state index in [1.54, 1.807) is 12.1 Å². The van der Waals surface area contributed by atoms with Gasteiger partial charge in [0.2, 0.25) is 0 Å². The second-order valence-electron chi connectivity index (χ2n) is 5.41. The van der Waals surface area contributed by atoms with E-state index in [-0.39, 0.29) is 31.2 Å². The molecule has 1 aromatic rings. The number of rotatable bonds is 7. The third-order valence-electron chi connectivity index (χ3n) is 3.86. The van der Waals surface area contributed by atoms with Crippen LogP contribution in [0.1, 0.15) is 0 Å². The first kappa shape index (κ1) is 21.0. The number of esters is 3. The Hall–Kier alpha value is -3.27. The van der Waals surface area contributed by atoms with Crippen molar-refractivity contribution in [3.63, 3.8) is 0 Å². The summed E-state index contributed by atoms with van der Waals surface area (Å²) in [5, 5.41) is 0. The fourth-order valence-electron chi connectivity index (χ4n) is 2.51. The highest BCUT2D eigenvalue weighted by Crippen LogP contribution is 2.36. The van der Waals surface area contributed by atoms with Gasteiger partial charge in [-0.15, -0.1) is 0 Å². The van der Waals surface area contributed by atoms with E-state index >= 15 is 0 Å². The van der Waals surface area contributed by atoms with Gasteiger partial charge in [0.25, 0.3) is 0 Å². The quantitative estimate of drug-likeness (QED) is 0.482. The normalized spacial score (nSPS) is 13.6. The van der Waals surface area contributed by atoms with Gasteiger partial charge < -0.3 is 33.3 Å². The van der Waals surface area contributed by atoms with Gasteiger partial charge in [-0.25, -0.2) is 14.4 Å². The zero-order valence-electron chi connectivity index (χ0n) is 16.0. The second kappa shape index (κ2) is 9.60. The van der Waals surface area contributed by atoms with Crippen LogP contribution in [0.5, 0.6) is 11.5 Å². The molecule has 0 saturated heterocycles. The van der Waals surface area contributed by atoms with Gasteiger partial charge in [-0.1, -0.05) is 0 Å². The Balaban J connectivity index is 2.51. The van der Waals surface area contributed by atoms with Crippen molar-refractivity contribution in [2.24, 2.45) is 0 Å². The molecule has 0 aromatic heterocycles. The monoisotopic (exact) mass is 395 g/mol. The Morgan fingerprint density at radius 3 is 2.36 bits per heavy atom. The molecule has 0 N–H and O–H groups in total. The topological polar surface area (TPSA) is 110 Å². The maximum absolute atomic E-state index is 12.4. The van der Waals surface area contributed by atoms with Gasteiger partial charge in [-0.05, 0) is 12.1 Å². The fraction of sp³-hybridized carbons (Fsp3) is 0.389. The minimum Gasteiger partial charge on any atom is -0.495 e. The van der Waals surface area contributed by atoms with Crippen LogP contribution in [0.3, 0.4) is 0 Å². The third-order valence-corrected chi connectivity index (χ3v) is 3.86. The summed E-state index contributed by atoms with van der Waals surface area (Å²) in [6, 6.07) is 4.70. The van der Waals surface area contributed by atoms with Crippen LogP contribution in [0.15, 0.2) is 29.5 Å². The number of anilines is 1. The molecule has 0 bridgehead atoms. The highest BCUT2D eigenvalue weighted by Gasteiger charge is 2.33. The Morgan fingerprint density at radius 2 is 1.75 bits per heavy atom. The SMILES string of the molecule is COC(=O)COc1ccc(OC)c(N2COCC(C(=O)OC)=C2C(=O)OC)c1. The summed E-state index contributed by atoms with van der Waals surface area (Å²) >= 11 is 0. The minimum absolute atomic E-state index is 0.00327. The van der Waals surface area contributed by atoms with E-state index in [2.05, 4.69) is 4.74 Å². The van der Waals surface area contributed by atoms with Crippen LogP contribution >= 0.6 is 0 Å². The van der Waals surface area contributed by atoms with Crippen LogP contribution in [-0.4, -0.2) is 66.3 Å². The van der Waals surface area contributed by atoms with Crippen LogP contribution in [0.25, 0.3) is 0 Å². The standard InChI is InChI=1S/C18H21NO9/c1-23-14-6-5-11(28-9-15(20)24-2)7-13(14)19-10-27-8-12(17(21)25-3)16(19)18(22)26-4/h5-7H,8-10H2,1-4H3. The molecule has 0 radical (unpaired) electrons. The van der Waals surface area contributed by atoms with Crippen molar-refractivity contribution in [1.82, 2.24) is 0 Å². The van der Waals surface area contributed by atoms with Gasteiger partial charge in [0.1, 0.15) is 23.9 Å². The van der Waals surface area contributed by atoms with E-state index in [0.29, 0.717) is 17.2 Å². The lowest BCUT2D eigenvalue weighted by Gasteiger charge is -2.32. The maximum Gasteiger partial charge on any atom is 0.355 e. The first-order valence-corrected chi connectivity index (χ1v) is 8.09. The molecular formula is C18H21NO9. The fourth-order valence-corrected chi connectivity index (χ4v) is 2.51. The summed E-state index contributed by atoms with van der Waals surface area (Å²) in [6.07, 6.45) is 0. The summed E-state index contributed by atoms with van der Waals surface area (Å²) < 4.78 is 30.3. The molecule has 1 aromatic carbocycles. The maximum atomic E-state index is 12.4. The largest absolute Gasteiger partial charge is 0.495 e. The van der Waals surface area contributed by atoms with Crippen LogP contribution in [-0.2, 0) is 33.3 Å². The van der Waals surface area contributed by atoms with Crippen molar-refractivity contribution >= 4 is 23.6 Å². The highest BCUT2D eigenvalue weighted by molar-refractivity contribution is 6.03. The summed E-state index contributed by atoms with van der Waals surface area (Å²) in [7, 11) is 5.09. The van der Waals surface area contributed by atoms with Gasteiger partial charge >= 0.3 is 17.9 Å². The Kier molecular flexibility index (Phi) is 7.21. The summed E-state index contributed by atoms with van der Waals surface area (Å²) in [6.45, 7) is -0.470. The number of hydrogen-bond acceptors (Lipinski definition) is 10. The summed E-state index contributed by atoms with van der Waals surface area (Å²) in [4.78, 5) is 37.2. The van der Waals surface area contributed by atoms with Gasteiger partial charge in [-0.3, -0.25) is 0 Å². The first-order valence-electron chi connectivity index (χ1n) is 8.09. The molecule has 28 heavy (non-hydrogen) atoms. The molecular weight excluding hydrogens is 374 g/mol. The van der Waals surface area contributed by atoms with E-state index < -0.39 is 17.9 Å². The van der Waals surface area contributed by atoms with Crippen molar-refractivity contribution in [3.8, 4) is 11.5 Å². The molecule has 0 unspecified atom stereocenters. The van der Waals surface area contributed by atoms with Crippen molar-refractivity contribution in [2.45, 2.75) is 0 Å². The molecule has 0 amide bonds. The average Bonchev–Trinajstić information content (AvgIpc) is 2.75. The van der Waals surface area contributed by atoms with E-state index in [0.717, 1.165) is 0 Å². The third kappa shape index (κ3) is 4.52. The Bertz CT molecular complexity index is 787. The van der Waals surface area contributed by atoms with Crippen LogP contribution in [0.4, 0.5) is 5.69 Å². The van der Waals surface area contributed by atoms with Crippen molar-refractivity contribution < 1.29 is 42.8 Å². The van der Waals surface area contributed by atoms with E-state index in [1.807, 2.05) is 0 Å². The van der Waals surface area contributed by atoms with Gasteiger partial charge in [-0.2, -0.15) is 0 Å². The predicted molar refractivity (Wildman–Crippen MR) is 94.9 cm³/mol. The van der Waals surface area contributed by atoms with Gasteiger partial charge in [0.05, 0.1) is 46.3 Å². The van der Waals surface area contributed by atoms with Crippen LogP contribution < -0.4 is 14.4 Å². The molecule has 0 spiro atoms. The van der Waals surface area contributed by atoms with Crippen molar-refractivity contribution in [1.29, 1.82) is 0 Å². The number of ether oxygens (including phenoxy) is 6. The van der Waals surface area contributed by atoms with Crippen molar-refractivity contribution in [2.75, 3.05) is 53.3 Å². The summed E-state index contributed by atoms with van der Waals surface area (Å²) in [5.74, 6) is -1.33. The first-order chi connectivity index (χ1) is 13.5. The zero-order chi connectivity index (χ0) is 20.7. The highest BCUT2D eigenvalue weighted by atomic mass is 16.6. The second-order valence-corrected chi connectivity index (χ2v) is 5.41. The molecule has 152 valence electrons.